The Hall–Kier alpha value is -0.860. The van der Waals surface area contributed by atoms with Gasteiger partial charge in [-0.2, -0.15) is 0 Å². The molecule has 0 aliphatic heterocycles. The first-order valence-electron chi connectivity index (χ1n) is 8.68. The highest BCUT2D eigenvalue weighted by Crippen LogP contribution is 2.31. The van der Waals surface area contributed by atoms with Crippen LogP contribution in [0.4, 0.5) is 0 Å². The van der Waals surface area contributed by atoms with E-state index in [2.05, 4.69) is 49.1 Å². The van der Waals surface area contributed by atoms with E-state index in [1.165, 1.54) is 37.7 Å². The van der Waals surface area contributed by atoms with E-state index in [0.717, 1.165) is 37.5 Å². The van der Waals surface area contributed by atoms with Crippen molar-refractivity contribution in [2.24, 2.45) is 17.6 Å². The van der Waals surface area contributed by atoms with E-state index in [0.29, 0.717) is 0 Å². The SMILES string of the molecule is CC(C)C1CCCC(N(CCN)Cc2ccccc2)CC1. The molecule has 1 aliphatic rings. The summed E-state index contributed by atoms with van der Waals surface area (Å²) in [6.07, 6.45) is 6.86. The summed E-state index contributed by atoms with van der Waals surface area (Å²) in [6, 6.07) is 11.6. The van der Waals surface area contributed by atoms with Crippen LogP contribution in [0.15, 0.2) is 30.3 Å². The monoisotopic (exact) mass is 288 g/mol. The van der Waals surface area contributed by atoms with E-state index in [1.807, 2.05) is 0 Å². The van der Waals surface area contributed by atoms with Crippen molar-refractivity contribution in [1.82, 2.24) is 4.90 Å². The Bertz CT molecular complexity index is 388. The summed E-state index contributed by atoms with van der Waals surface area (Å²) in [4.78, 5) is 2.62. The van der Waals surface area contributed by atoms with E-state index >= 15 is 0 Å². The Morgan fingerprint density at radius 1 is 1.10 bits per heavy atom. The molecule has 2 heteroatoms. The molecule has 0 radical (unpaired) electrons. The second-order valence-electron chi connectivity index (χ2n) is 6.91. The molecule has 0 amide bonds. The molecule has 1 aliphatic carbocycles. The molecule has 21 heavy (non-hydrogen) atoms. The topological polar surface area (TPSA) is 29.3 Å². The first-order chi connectivity index (χ1) is 10.2. The third-order valence-electron chi connectivity index (χ3n) is 5.09. The summed E-state index contributed by atoms with van der Waals surface area (Å²) in [5, 5.41) is 0. The van der Waals surface area contributed by atoms with Gasteiger partial charge in [-0.3, -0.25) is 4.90 Å². The van der Waals surface area contributed by atoms with Gasteiger partial charge in [0.05, 0.1) is 0 Å². The van der Waals surface area contributed by atoms with Gasteiger partial charge in [-0.05, 0) is 36.7 Å². The molecule has 1 fully saturated rings. The molecule has 1 saturated carbocycles. The van der Waals surface area contributed by atoms with E-state index < -0.39 is 0 Å². The minimum Gasteiger partial charge on any atom is -0.329 e. The highest BCUT2D eigenvalue weighted by atomic mass is 15.2. The Kier molecular flexibility index (Phi) is 6.72. The van der Waals surface area contributed by atoms with Gasteiger partial charge in [0.15, 0.2) is 0 Å². The van der Waals surface area contributed by atoms with Gasteiger partial charge in [-0.25, -0.2) is 0 Å². The van der Waals surface area contributed by atoms with E-state index in [-0.39, 0.29) is 0 Å². The maximum Gasteiger partial charge on any atom is 0.0237 e. The summed E-state index contributed by atoms with van der Waals surface area (Å²) in [5.41, 5.74) is 7.28. The van der Waals surface area contributed by atoms with Gasteiger partial charge in [-0.15, -0.1) is 0 Å². The smallest absolute Gasteiger partial charge is 0.0237 e. The van der Waals surface area contributed by atoms with Crippen molar-refractivity contribution in [2.75, 3.05) is 13.1 Å². The molecular formula is C19H32N2. The lowest BCUT2D eigenvalue weighted by Crippen LogP contribution is -2.38. The van der Waals surface area contributed by atoms with E-state index in [1.54, 1.807) is 0 Å². The highest BCUT2D eigenvalue weighted by Gasteiger charge is 2.24. The van der Waals surface area contributed by atoms with Crippen LogP contribution < -0.4 is 5.73 Å². The maximum absolute atomic E-state index is 5.86. The third kappa shape index (κ3) is 5.12. The van der Waals surface area contributed by atoms with Crippen LogP contribution in [0, 0.1) is 11.8 Å². The second-order valence-corrected chi connectivity index (χ2v) is 6.91. The van der Waals surface area contributed by atoms with Crippen LogP contribution in [0.2, 0.25) is 0 Å². The van der Waals surface area contributed by atoms with Crippen LogP contribution in [0.1, 0.15) is 51.5 Å². The number of hydrogen-bond acceptors (Lipinski definition) is 2. The average molecular weight is 288 g/mol. The predicted molar refractivity (Wildman–Crippen MR) is 91.1 cm³/mol. The number of nitrogens with two attached hydrogens (primary N) is 1. The molecule has 0 aromatic heterocycles. The molecule has 0 heterocycles. The van der Waals surface area contributed by atoms with Crippen LogP contribution in [-0.4, -0.2) is 24.0 Å². The highest BCUT2D eigenvalue weighted by molar-refractivity contribution is 5.14. The Morgan fingerprint density at radius 2 is 1.86 bits per heavy atom. The van der Waals surface area contributed by atoms with Crippen molar-refractivity contribution in [3.05, 3.63) is 35.9 Å². The Balaban J connectivity index is 1.97. The van der Waals surface area contributed by atoms with Crippen molar-refractivity contribution in [3.8, 4) is 0 Å². The van der Waals surface area contributed by atoms with Crippen molar-refractivity contribution in [3.63, 3.8) is 0 Å². The number of hydrogen-bond donors (Lipinski definition) is 1. The molecule has 118 valence electrons. The maximum atomic E-state index is 5.86. The molecule has 2 atom stereocenters. The van der Waals surface area contributed by atoms with Gasteiger partial charge in [0, 0.05) is 25.7 Å². The Morgan fingerprint density at radius 3 is 2.52 bits per heavy atom. The largest absolute Gasteiger partial charge is 0.329 e. The van der Waals surface area contributed by atoms with Crippen LogP contribution in [-0.2, 0) is 6.54 Å². The fraction of sp³-hybridized carbons (Fsp3) is 0.684. The minimum atomic E-state index is 0.720. The standard InChI is InChI=1S/C19H32N2/c1-16(2)18-9-6-10-19(12-11-18)21(14-13-20)15-17-7-4-3-5-8-17/h3-5,7-8,16,18-19H,6,9-15,20H2,1-2H3. The molecule has 2 rings (SSSR count). The number of rotatable bonds is 6. The van der Waals surface area contributed by atoms with Crippen LogP contribution in [0.25, 0.3) is 0 Å². The van der Waals surface area contributed by atoms with Gasteiger partial charge in [0.25, 0.3) is 0 Å². The fourth-order valence-corrected chi connectivity index (χ4v) is 3.72. The van der Waals surface area contributed by atoms with Crippen molar-refractivity contribution in [2.45, 2.75) is 58.5 Å². The summed E-state index contributed by atoms with van der Waals surface area (Å²) < 4.78 is 0. The zero-order valence-electron chi connectivity index (χ0n) is 13.8. The van der Waals surface area contributed by atoms with Gasteiger partial charge in [-0.1, -0.05) is 57.0 Å². The molecule has 2 nitrogen and oxygen atoms in total. The fourth-order valence-electron chi connectivity index (χ4n) is 3.72. The van der Waals surface area contributed by atoms with Gasteiger partial charge >= 0.3 is 0 Å². The summed E-state index contributed by atoms with van der Waals surface area (Å²) in [7, 11) is 0. The van der Waals surface area contributed by atoms with Crippen LogP contribution in [0.5, 0.6) is 0 Å². The first kappa shape index (κ1) is 16.5. The van der Waals surface area contributed by atoms with E-state index in [4.69, 9.17) is 5.73 Å². The van der Waals surface area contributed by atoms with Crippen molar-refractivity contribution < 1.29 is 0 Å². The summed E-state index contributed by atoms with van der Waals surface area (Å²) in [5.74, 6) is 1.76. The second kappa shape index (κ2) is 8.55. The molecule has 2 unspecified atom stereocenters. The van der Waals surface area contributed by atoms with Crippen LogP contribution >= 0.6 is 0 Å². The summed E-state index contributed by atoms with van der Waals surface area (Å²) >= 11 is 0. The molecule has 0 bridgehead atoms. The quantitative estimate of drug-likeness (QED) is 0.800. The first-order valence-corrected chi connectivity index (χ1v) is 8.68. The number of nitrogens with zero attached hydrogens (tertiary/aromatic N) is 1. The van der Waals surface area contributed by atoms with Crippen molar-refractivity contribution in [1.29, 1.82) is 0 Å². The van der Waals surface area contributed by atoms with Crippen molar-refractivity contribution >= 4 is 0 Å². The van der Waals surface area contributed by atoms with E-state index in [9.17, 15) is 0 Å². The zero-order chi connectivity index (χ0) is 15.1. The molecule has 0 spiro atoms. The third-order valence-corrected chi connectivity index (χ3v) is 5.09. The summed E-state index contributed by atoms with van der Waals surface area (Å²) in [6.45, 7) is 7.59. The van der Waals surface area contributed by atoms with Gasteiger partial charge in [0.1, 0.15) is 0 Å². The lowest BCUT2D eigenvalue weighted by atomic mass is 9.89. The normalized spacial score (nSPS) is 23.5. The molecule has 2 N–H and O–H groups in total. The molecule has 0 saturated heterocycles. The average Bonchev–Trinajstić information content (AvgIpc) is 2.74. The lowest BCUT2D eigenvalue weighted by Gasteiger charge is -2.31. The predicted octanol–water partition coefficient (Wildman–Crippen LogP) is 4.05. The molecular weight excluding hydrogens is 256 g/mol. The zero-order valence-corrected chi connectivity index (χ0v) is 13.8. The van der Waals surface area contributed by atoms with Gasteiger partial charge in [0.2, 0.25) is 0 Å². The minimum absolute atomic E-state index is 0.720. The lowest BCUT2D eigenvalue weighted by molar-refractivity contribution is 0.172. The number of benzene rings is 1. The van der Waals surface area contributed by atoms with Gasteiger partial charge < -0.3 is 5.73 Å². The molecule has 1 aromatic rings. The Labute approximate surface area is 130 Å². The molecule has 1 aromatic carbocycles. The van der Waals surface area contributed by atoms with Crippen LogP contribution in [0.3, 0.4) is 0 Å².